The average Bonchev–Trinajstić information content (AvgIpc) is 2.20. The van der Waals surface area contributed by atoms with Crippen LogP contribution in [0, 0.1) is 5.92 Å². The molecular weight excluding hydrogens is 172 g/mol. The van der Waals surface area contributed by atoms with Crippen LogP contribution in [0.4, 0.5) is 0 Å². The SMILES string of the molecule is C=N/C=C\C=C/CCC(C)CCNC. The number of hydrogen-bond acceptors (Lipinski definition) is 2. The fraction of sp³-hybridized carbons (Fsp3) is 0.583. The molecule has 0 amide bonds. The van der Waals surface area contributed by atoms with Crippen molar-refractivity contribution in [1.82, 2.24) is 5.32 Å². The maximum absolute atomic E-state index is 3.62. The third-order valence-electron chi connectivity index (χ3n) is 2.15. The maximum atomic E-state index is 3.62. The molecule has 0 saturated carbocycles. The summed E-state index contributed by atoms with van der Waals surface area (Å²) >= 11 is 0. The van der Waals surface area contributed by atoms with Crippen molar-refractivity contribution < 1.29 is 0 Å². The quantitative estimate of drug-likeness (QED) is 0.466. The van der Waals surface area contributed by atoms with Gasteiger partial charge in [0.2, 0.25) is 0 Å². The van der Waals surface area contributed by atoms with Crippen molar-refractivity contribution in [3.63, 3.8) is 0 Å². The van der Waals surface area contributed by atoms with E-state index in [1.165, 1.54) is 12.8 Å². The molecule has 0 radical (unpaired) electrons. The van der Waals surface area contributed by atoms with Gasteiger partial charge in [0.15, 0.2) is 0 Å². The zero-order chi connectivity index (χ0) is 10.6. The Labute approximate surface area is 87.8 Å². The average molecular weight is 194 g/mol. The highest BCUT2D eigenvalue weighted by atomic mass is 14.8. The molecule has 0 rings (SSSR count). The zero-order valence-electron chi connectivity index (χ0n) is 9.37. The monoisotopic (exact) mass is 194 g/mol. The number of allylic oxidation sites excluding steroid dienone is 3. The lowest BCUT2D eigenvalue weighted by Crippen LogP contribution is -2.11. The first-order valence-corrected chi connectivity index (χ1v) is 5.23. The Hall–Kier alpha value is -0.890. The molecule has 0 fully saturated rings. The lowest BCUT2D eigenvalue weighted by Gasteiger charge is -2.08. The van der Waals surface area contributed by atoms with Crippen LogP contribution in [-0.2, 0) is 0 Å². The molecule has 0 aromatic carbocycles. The van der Waals surface area contributed by atoms with Crippen molar-refractivity contribution in [2.24, 2.45) is 10.9 Å². The van der Waals surface area contributed by atoms with E-state index >= 15 is 0 Å². The summed E-state index contributed by atoms with van der Waals surface area (Å²) in [5.41, 5.74) is 0. The van der Waals surface area contributed by atoms with Crippen LogP contribution in [0.25, 0.3) is 0 Å². The van der Waals surface area contributed by atoms with Gasteiger partial charge in [0.05, 0.1) is 0 Å². The smallest absolute Gasteiger partial charge is 0.0260 e. The summed E-state index contributed by atoms with van der Waals surface area (Å²) in [6.45, 7) is 6.78. The molecule has 0 aliphatic heterocycles. The van der Waals surface area contributed by atoms with Gasteiger partial charge in [-0.3, -0.25) is 4.99 Å². The summed E-state index contributed by atoms with van der Waals surface area (Å²) in [6.07, 6.45) is 11.5. The third kappa shape index (κ3) is 9.20. The number of nitrogens with one attached hydrogen (secondary N) is 1. The Morgan fingerprint density at radius 2 is 2.14 bits per heavy atom. The van der Waals surface area contributed by atoms with Crippen LogP contribution in [0.3, 0.4) is 0 Å². The van der Waals surface area contributed by atoms with Crippen LogP contribution < -0.4 is 5.32 Å². The second-order valence-corrected chi connectivity index (χ2v) is 3.53. The highest BCUT2D eigenvalue weighted by Crippen LogP contribution is 2.09. The topological polar surface area (TPSA) is 24.4 Å². The molecule has 0 aromatic rings. The highest BCUT2D eigenvalue weighted by molar-refractivity contribution is 5.26. The van der Waals surface area contributed by atoms with Gasteiger partial charge in [-0.05, 0) is 51.6 Å². The number of aliphatic imine (C=N–C) groups is 1. The summed E-state index contributed by atoms with van der Waals surface area (Å²) in [5, 5.41) is 3.17. The molecular formula is C12H22N2. The summed E-state index contributed by atoms with van der Waals surface area (Å²) in [4.78, 5) is 3.62. The van der Waals surface area contributed by atoms with Crippen LogP contribution in [-0.4, -0.2) is 20.3 Å². The maximum Gasteiger partial charge on any atom is 0.0260 e. The van der Waals surface area contributed by atoms with E-state index in [0.717, 1.165) is 18.9 Å². The second kappa shape index (κ2) is 10.2. The first-order valence-electron chi connectivity index (χ1n) is 5.23. The normalized spacial score (nSPS) is 13.9. The van der Waals surface area contributed by atoms with Crippen molar-refractivity contribution in [1.29, 1.82) is 0 Å². The van der Waals surface area contributed by atoms with Gasteiger partial charge in [-0.1, -0.05) is 19.1 Å². The summed E-state index contributed by atoms with van der Waals surface area (Å²) in [5.74, 6) is 0.800. The third-order valence-corrected chi connectivity index (χ3v) is 2.15. The summed E-state index contributed by atoms with van der Waals surface area (Å²) in [6, 6.07) is 0. The molecule has 2 heteroatoms. The largest absolute Gasteiger partial charge is 0.320 e. The molecule has 0 aliphatic rings. The van der Waals surface area contributed by atoms with Gasteiger partial charge in [0.25, 0.3) is 0 Å². The molecule has 1 N–H and O–H groups in total. The van der Waals surface area contributed by atoms with Crippen molar-refractivity contribution >= 4 is 6.72 Å². The Balaban J connectivity index is 3.38. The predicted molar refractivity (Wildman–Crippen MR) is 64.8 cm³/mol. The van der Waals surface area contributed by atoms with E-state index in [9.17, 15) is 0 Å². The second-order valence-electron chi connectivity index (χ2n) is 3.53. The van der Waals surface area contributed by atoms with Gasteiger partial charge in [-0.25, -0.2) is 0 Å². The molecule has 1 atom stereocenters. The van der Waals surface area contributed by atoms with Gasteiger partial charge < -0.3 is 5.32 Å². The first-order chi connectivity index (χ1) is 6.81. The van der Waals surface area contributed by atoms with Crippen LogP contribution in [0.5, 0.6) is 0 Å². The standard InChI is InChI=1S/C12H22N2/c1-12(9-11-14-3)8-6-4-5-7-10-13-2/h4-5,7,10,12,14H,2,6,8-9,11H2,1,3H3/b5-4-,10-7-. The molecule has 0 aromatic heterocycles. The predicted octanol–water partition coefficient (Wildman–Crippen LogP) is 2.78. The van der Waals surface area contributed by atoms with Gasteiger partial charge >= 0.3 is 0 Å². The minimum absolute atomic E-state index is 0.800. The molecule has 0 spiro atoms. The fourth-order valence-corrected chi connectivity index (χ4v) is 1.20. The van der Waals surface area contributed by atoms with E-state index in [1.807, 2.05) is 19.2 Å². The Morgan fingerprint density at radius 3 is 2.79 bits per heavy atom. The van der Waals surface area contributed by atoms with Gasteiger partial charge in [-0.2, -0.15) is 0 Å². The molecule has 80 valence electrons. The van der Waals surface area contributed by atoms with Crippen molar-refractivity contribution in [2.45, 2.75) is 26.2 Å². The Kier molecular flexibility index (Phi) is 9.54. The van der Waals surface area contributed by atoms with Crippen LogP contribution in [0.1, 0.15) is 26.2 Å². The number of hydrogen-bond donors (Lipinski definition) is 1. The molecule has 14 heavy (non-hydrogen) atoms. The van der Waals surface area contributed by atoms with Crippen LogP contribution in [0.2, 0.25) is 0 Å². The number of nitrogens with zero attached hydrogens (tertiary/aromatic N) is 1. The van der Waals surface area contributed by atoms with Crippen LogP contribution >= 0.6 is 0 Å². The van der Waals surface area contributed by atoms with Crippen molar-refractivity contribution in [3.8, 4) is 0 Å². The van der Waals surface area contributed by atoms with Gasteiger partial charge in [-0.15, -0.1) is 0 Å². The zero-order valence-corrected chi connectivity index (χ0v) is 9.37. The molecule has 0 aliphatic carbocycles. The van der Waals surface area contributed by atoms with E-state index in [1.54, 1.807) is 6.20 Å². The van der Waals surface area contributed by atoms with E-state index in [-0.39, 0.29) is 0 Å². The van der Waals surface area contributed by atoms with E-state index in [2.05, 4.69) is 30.0 Å². The molecule has 0 bridgehead atoms. The molecule has 2 nitrogen and oxygen atoms in total. The summed E-state index contributed by atoms with van der Waals surface area (Å²) in [7, 11) is 2.00. The fourth-order valence-electron chi connectivity index (χ4n) is 1.20. The first kappa shape index (κ1) is 13.1. The minimum atomic E-state index is 0.800. The van der Waals surface area contributed by atoms with E-state index < -0.39 is 0 Å². The van der Waals surface area contributed by atoms with Gasteiger partial charge in [0.1, 0.15) is 0 Å². The lowest BCUT2D eigenvalue weighted by molar-refractivity contribution is 0.486. The van der Waals surface area contributed by atoms with E-state index in [0.29, 0.717) is 0 Å². The van der Waals surface area contributed by atoms with Crippen molar-refractivity contribution in [2.75, 3.05) is 13.6 Å². The molecule has 0 saturated heterocycles. The molecule has 1 unspecified atom stereocenters. The Morgan fingerprint density at radius 1 is 1.36 bits per heavy atom. The molecule has 0 heterocycles. The van der Waals surface area contributed by atoms with Crippen molar-refractivity contribution in [3.05, 3.63) is 24.4 Å². The minimum Gasteiger partial charge on any atom is -0.320 e. The van der Waals surface area contributed by atoms with E-state index in [4.69, 9.17) is 0 Å². The summed E-state index contributed by atoms with van der Waals surface area (Å²) < 4.78 is 0. The number of rotatable bonds is 8. The Bertz CT molecular complexity index is 183. The lowest BCUT2D eigenvalue weighted by atomic mass is 10.0. The highest BCUT2D eigenvalue weighted by Gasteiger charge is 1.98. The van der Waals surface area contributed by atoms with Crippen LogP contribution in [0.15, 0.2) is 29.4 Å². The van der Waals surface area contributed by atoms with Gasteiger partial charge in [0, 0.05) is 6.20 Å².